The normalized spacial score (nSPS) is 9.75. The van der Waals surface area contributed by atoms with Gasteiger partial charge >= 0.3 is 5.97 Å². The molecule has 1 aromatic rings. The number of alkyl halides is 1. The van der Waals surface area contributed by atoms with Crippen molar-refractivity contribution in [2.24, 2.45) is 0 Å². The molecule has 0 radical (unpaired) electrons. The minimum Gasteiger partial charge on any atom is -0.475 e. The van der Waals surface area contributed by atoms with Crippen molar-refractivity contribution in [1.29, 1.82) is 0 Å². The van der Waals surface area contributed by atoms with Crippen LogP contribution in [0.1, 0.15) is 21.1 Å². The highest BCUT2D eigenvalue weighted by Crippen LogP contribution is 2.09. The number of hydrogen-bond acceptors (Lipinski definition) is 3. The van der Waals surface area contributed by atoms with E-state index in [9.17, 15) is 9.59 Å². The van der Waals surface area contributed by atoms with Crippen LogP contribution in [0, 0.1) is 0 Å². The zero-order valence-electron chi connectivity index (χ0n) is 5.91. The maximum atomic E-state index is 11.0. The van der Waals surface area contributed by atoms with Crippen LogP contribution < -0.4 is 0 Å². The number of halogens is 1. The van der Waals surface area contributed by atoms with Crippen molar-refractivity contribution in [1.82, 2.24) is 0 Å². The van der Waals surface area contributed by atoms with Crippen molar-refractivity contribution in [2.45, 2.75) is 0 Å². The quantitative estimate of drug-likeness (QED) is 0.518. The Bertz CT molecular complexity index is 315. The summed E-state index contributed by atoms with van der Waals surface area (Å²) < 4.78 is 5.03. The molecule has 0 aromatic carbocycles. The number of rotatable bonds is 3. The summed E-state index contributed by atoms with van der Waals surface area (Å²) in [5.41, 5.74) is 0. The van der Waals surface area contributed by atoms with Crippen LogP contribution in [-0.4, -0.2) is 21.3 Å². The third kappa shape index (κ3) is 1.84. The number of carboxylic acid groups (broad SMARTS) is 1. The zero-order valence-corrected chi connectivity index (χ0v) is 8.07. The Morgan fingerprint density at radius 2 is 2.00 bits per heavy atom. The predicted octanol–water partition coefficient (Wildman–Crippen LogP) is 1.60. The van der Waals surface area contributed by atoms with E-state index in [1.54, 1.807) is 0 Å². The molecule has 1 aromatic heterocycles. The summed E-state index contributed by atoms with van der Waals surface area (Å²) in [5.74, 6) is -1.48. The van der Waals surface area contributed by atoms with E-state index in [0.29, 0.717) is 0 Å². The minimum absolute atomic E-state index is 0.0989. The van der Waals surface area contributed by atoms with Gasteiger partial charge in [-0.25, -0.2) is 4.79 Å². The fraction of sp³-hybridized carbons (Fsp3) is 0.143. The Labute approximate surface area is 81.7 Å². The fourth-order valence-corrected chi connectivity index (χ4v) is 1.04. The molecule has 1 heterocycles. The third-order valence-electron chi connectivity index (χ3n) is 1.21. The van der Waals surface area contributed by atoms with Crippen LogP contribution in [0.3, 0.4) is 0 Å². The number of carboxylic acids is 1. The van der Waals surface area contributed by atoms with E-state index in [1.165, 1.54) is 12.1 Å². The van der Waals surface area contributed by atoms with Gasteiger partial charge < -0.3 is 9.52 Å². The van der Waals surface area contributed by atoms with Gasteiger partial charge in [0.15, 0.2) is 5.76 Å². The van der Waals surface area contributed by atoms with E-state index in [-0.39, 0.29) is 21.7 Å². The number of Topliss-reactive ketones (excluding diaryl/α,β-unsaturated/α-hetero) is 1. The minimum atomic E-state index is -1.16. The molecule has 0 spiro atoms. The smallest absolute Gasteiger partial charge is 0.371 e. The molecule has 1 N–H and O–H groups in total. The monoisotopic (exact) mass is 280 g/mol. The second-order valence-corrected chi connectivity index (χ2v) is 2.79. The lowest BCUT2D eigenvalue weighted by Gasteiger charge is -1.88. The van der Waals surface area contributed by atoms with Gasteiger partial charge in [0.25, 0.3) is 0 Å². The number of aromatic carboxylic acids is 1. The summed E-state index contributed by atoms with van der Waals surface area (Å²) in [6.07, 6.45) is 0. The molecule has 0 aliphatic rings. The number of ketones is 1. The van der Waals surface area contributed by atoms with E-state index in [0.717, 1.165) is 0 Å². The number of hydrogen-bond donors (Lipinski definition) is 1. The van der Waals surface area contributed by atoms with Gasteiger partial charge in [-0.1, -0.05) is 22.6 Å². The van der Waals surface area contributed by atoms with Gasteiger partial charge in [0, 0.05) is 0 Å². The first-order valence-electron chi connectivity index (χ1n) is 3.07. The van der Waals surface area contributed by atoms with Crippen LogP contribution in [0.15, 0.2) is 16.5 Å². The Morgan fingerprint density at radius 3 is 2.42 bits per heavy atom. The molecule has 0 aliphatic heterocycles. The number of carbonyl (C=O) groups excluding carboxylic acids is 1. The first-order chi connectivity index (χ1) is 5.65. The maximum absolute atomic E-state index is 11.0. The highest BCUT2D eigenvalue weighted by molar-refractivity contribution is 14.1. The summed E-state index contributed by atoms with van der Waals surface area (Å²) in [6, 6.07) is 2.63. The van der Waals surface area contributed by atoms with Crippen molar-refractivity contribution < 1.29 is 19.1 Å². The lowest BCUT2D eigenvalue weighted by Crippen LogP contribution is -1.97. The summed E-state index contributed by atoms with van der Waals surface area (Å²) >= 11 is 1.89. The molecule has 0 unspecified atom stereocenters. The van der Waals surface area contributed by atoms with Crippen LogP contribution in [0.5, 0.6) is 0 Å². The second kappa shape index (κ2) is 3.70. The molecular formula is C7H5IO4. The zero-order chi connectivity index (χ0) is 9.14. The predicted molar refractivity (Wildman–Crippen MR) is 48.9 cm³/mol. The Hall–Kier alpha value is -0.850. The molecule has 0 amide bonds. The molecule has 0 saturated carbocycles. The van der Waals surface area contributed by atoms with Crippen LogP contribution in [-0.2, 0) is 0 Å². The Morgan fingerprint density at radius 1 is 1.42 bits per heavy atom. The summed E-state index contributed by atoms with van der Waals surface area (Å²) in [6.45, 7) is 0. The van der Waals surface area contributed by atoms with E-state index in [4.69, 9.17) is 9.52 Å². The molecule has 0 aliphatic carbocycles. The molecule has 0 bridgehead atoms. The molecule has 0 fully saturated rings. The lowest BCUT2D eigenvalue weighted by molar-refractivity contribution is 0.0660. The molecule has 5 heteroatoms. The van der Waals surface area contributed by atoms with Crippen molar-refractivity contribution >= 4 is 34.3 Å². The van der Waals surface area contributed by atoms with Gasteiger partial charge in [-0.15, -0.1) is 0 Å². The van der Waals surface area contributed by atoms with Crippen LogP contribution in [0.2, 0.25) is 0 Å². The first kappa shape index (κ1) is 9.24. The number of carbonyl (C=O) groups is 2. The van der Waals surface area contributed by atoms with E-state index >= 15 is 0 Å². The van der Waals surface area contributed by atoms with Crippen LogP contribution >= 0.6 is 22.6 Å². The molecule has 64 valence electrons. The van der Waals surface area contributed by atoms with E-state index < -0.39 is 5.97 Å². The SMILES string of the molecule is O=C(O)c1ccc(C(=O)CI)o1. The van der Waals surface area contributed by atoms with E-state index in [2.05, 4.69) is 0 Å². The maximum Gasteiger partial charge on any atom is 0.371 e. The average molecular weight is 280 g/mol. The van der Waals surface area contributed by atoms with E-state index in [1.807, 2.05) is 22.6 Å². The van der Waals surface area contributed by atoms with Gasteiger partial charge in [-0.3, -0.25) is 4.79 Å². The van der Waals surface area contributed by atoms with Crippen molar-refractivity contribution in [3.63, 3.8) is 0 Å². The van der Waals surface area contributed by atoms with Crippen molar-refractivity contribution in [3.05, 3.63) is 23.7 Å². The number of furan rings is 1. The molecule has 0 atom stereocenters. The van der Waals surface area contributed by atoms with Gasteiger partial charge in [-0.05, 0) is 12.1 Å². The topological polar surface area (TPSA) is 67.5 Å². The van der Waals surface area contributed by atoms with Crippen molar-refractivity contribution in [3.8, 4) is 0 Å². The van der Waals surface area contributed by atoms with Gasteiger partial charge in [0.2, 0.25) is 11.5 Å². The molecule has 1 rings (SSSR count). The highest BCUT2D eigenvalue weighted by Gasteiger charge is 2.13. The Kier molecular flexibility index (Phi) is 2.85. The fourth-order valence-electron chi connectivity index (χ4n) is 0.669. The molecule has 12 heavy (non-hydrogen) atoms. The summed E-state index contributed by atoms with van der Waals surface area (Å²) in [5, 5.41) is 8.45. The highest BCUT2D eigenvalue weighted by atomic mass is 127. The lowest BCUT2D eigenvalue weighted by atomic mass is 10.3. The Balaban J connectivity index is 2.91. The van der Waals surface area contributed by atoms with Crippen LogP contribution in [0.4, 0.5) is 0 Å². The van der Waals surface area contributed by atoms with Crippen LogP contribution in [0.25, 0.3) is 0 Å². The van der Waals surface area contributed by atoms with Gasteiger partial charge in [0.1, 0.15) is 0 Å². The average Bonchev–Trinajstić information content (AvgIpc) is 2.51. The standard InChI is InChI=1S/C7H5IO4/c8-3-4(9)5-1-2-6(12-5)7(10)11/h1-2H,3H2,(H,10,11). The first-order valence-corrected chi connectivity index (χ1v) is 4.60. The van der Waals surface area contributed by atoms with Gasteiger partial charge in [-0.2, -0.15) is 0 Å². The largest absolute Gasteiger partial charge is 0.475 e. The van der Waals surface area contributed by atoms with Crippen molar-refractivity contribution in [2.75, 3.05) is 4.43 Å². The molecule has 0 saturated heterocycles. The molecule has 4 nitrogen and oxygen atoms in total. The second-order valence-electron chi connectivity index (χ2n) is 2.03. The molecular weight excluding hydrogens is 275 g/mol. The third-order valence-corrected chi connectivity index (χ3v) is 1.91. The van der Waals surface area contributed by atoms with Gasteiger partial charge in [0.05, 0.1) is 4.43 Å². The summed E-state index contributed by atoms with van der Waals surface area (Å²) in [4.78, 5) is 21.3. The summed E-state index contributed by atoms with van der Waals surface area (Å²) in [7, 11) is 0.